The van der Waals surface area contributed by atoms with E-state index in [1.807, 2.05) is 30.7 Å². The molecule has 0 saturated carbocycles. The summed E-state index contributed by atoms with van der Waals surface area (Å²) in [6, 6.07) is 8.25. The van der Waals surface area contributed by atoms with Gasteiger partial charge in [0.15, 0.2) is 0 Å². The zero-order chi connectivity index (χ0) is 14.8. The van der Waals surface area contributed by atoms with E-state index < -0.39 is 0 Å². The van der Waals surface area contributed by atoms with Crippen LogP contribution in [0.15, 0.2) is 24.3 Å². The van der Waals surface area contributed by atoms with Gasteiger partial charge in [0.1, 0.15) is 5.69 Å². The standard InChI is InChI=1S/C17H22N2O2/c1-3-21-17(20)16-15(12-8-10-18-11-9-12)13-6-4-5-7-14(13)19(16)2/h4-7,12,18H,3,8-11H2,1-2H3. The Morgan fingerprint density at radius 2 is 2.05 bits per heavy atom. The molecule has 2 aromatic rings. The smallest absolute Gasteiger partial charge is 0.355 e. The van der Waals surface area contributed by atoms with Gasteiger partial charge in [-0.3, -0.25) is 0 Å². The maximum absolute atomic E-state index is 12.4. The van der Waals surface area contributed by atoms with E-state index in [-0.39, 0.29) is 5.97 Å². The average molecular weight is 286 g/mol. The largest absolute Gasteiger partial charge is 0.461 e. The number of aromatic nitrogens is 1. The number of rotatable bonds is 3. The maximum atomic E-state index is 12.4. The Labute approximate surface area is 125 Å². The van der Waals surface area contributed by atoms with Gasteiger partial charge in [-0.25, -0.2) is 4.79 Å². The van der Waals surface area contributed by atoms with Gasteiger partial charge in [-0.2, -0.15) is 0 Å². The number of carbonyl (C=O) groups excluding carboxylic acids is 1. The minimum Gasteiger partial charge on any atom is -0.461 e. The first kappa shape index (κ1) is 14.1. The van der Waals surface area contributed by atoms with Crippen LogP contribution in [0.25, 0.3) is 10.9 Å². The van der Waals surface area contributed by atoms with Gasteiger partial charge in [-0.05, 0) is 50.4 Å². The predicted octanol–water partition coefficient (Wildman–Crippen LogP) is 2.82. The molecular weight excluding hydrogens is 264 g/mol. The highest BCUT2D eigenvalue weighted by Crippen LogP contribution is 2.36. The van der Waals surface area contributed by atoms with E-state index in [4.69, 9.17) is 4.74 Å². The lowest BCUT2D eigenvalue weighted by Gasteiger charge is -2.23. The van der Waals surface area contributed by atoms with Crippen molar-refractivity contribution in [2.45, 2.75) is 25.7 Å². The molecule has 0 spiro atoms. The molecule has 0 radical (unpaired) electrons. The fraction of sp³-hybridized carbons (Fsp3) is 0.471. The molecule has 1 aliphatic rings. The number of fused-ring (bicyclic) bond motifs is 1. The molecule has 112 valence electrons. The van der Waals surface area contributed by atoms with Crippen molar-refractivity contribution in [3.05, 3.63) is 35.5 Å². The summed E-state index contributed by atoms with van der Waals surface area (Å²) in [7, 11) is 1.96. The second kappa shape index (κ2) is 5.90. The molecule has 1 aliphatic heterocycles. The minimum atomic E-state index is -0.204. The van der Waals surface area contributed by atoms with E-state index in [1.165, 1.54) is 10.9 Å². The molecule has 0 aliphatic carbocycles. The van der Waals surface area contributed by atoms with Gasteiger partial charge < -0.3 is 14.6 Å². The average Bonchev–Trinajstić information content (AvgIpc) is 2.82. The van der Waals surface area contributed by atoms with E-state index in [2.05, 4.69) is 17.4 Å². The van der Waals surface area contributed by atoms with Gasteiger partial charge in [0.25, 0.3) is 0 Å². The molecule has 1 aromatic heterocycles. The van der Waals surface area contributed by atoms with Crippen molar-refractivity contribution < 1.29 is 9.53 Å². The van der Waals surface area contributed by atoms with Crippen molar-refractivity contribution in [2.75, 3.05) is 19.7 Å². The van der Waals surface area contributed by atoms with Crippen LogP contribution in [0.3, 0.4) is 0 Å². The van der Waals surface area contributed by atoms with Gasteiger partial charge in [0, 0.05) is 18.0 Å². The van der Waals surface area contributed by atoms with E-state index in [9.17, 15) is 4.79 Å². The molecular formula is C17H22N2O2. The van der Waals surface area contributed by atoms with Crippen molar-refractivity contribution in [1.29, 1.82) is 0 Å². The lowest BCUT2D eigenvalue weighted by molar-refractivity contribution is 0.0513. The van der Waals surface area contributed by atoms with Gasteiger partial charge in [0.2, 0.25) is 0 Å². The van der Waals surface area contributed by atoms with E-state index in [1.54, 1.807) is 0 Å². The van der Waals surface area contributed by atoms with Crippen molar-refractivity contribution in [3.63, 3.8) is 0 Å². The molecule has 21 heavy (non-hydrogen) atoms. The quantitative estimate of drug-likeness (QED) is 0.882. The summed E-state index contributed by atoms with van der Waals surface area (Å²) in [4.78, 5) is 12.4. The highest BCUT2D eigenvalue weighted by molar-refractivity contribution is 5.99. The molecule has 1 aromatic carbocycles. The molecule has 4 nitrogen and oxygen atoms in total. The molecule has 4 heteroatoms. The Balaban J connectivity index is 2.18. The van der Waals surface area contributed by atoms with E-state index in [0.717, 1.165) is 37.1 Å². The van der Waals surface area contributed by atoms with Crippen LogP contribution in [-0.2, 0) is 11.8 Å². The second-order valence-electron chi connectivity index (χ2n) is 5.58. The monoisotopic (exact) mass is 286 g/mol. The zero-order valence-electron chi connectivity index (χ0n) is 12.7. The number of nitrogens with one attached hydrogen (secondary N) is 1. The summed E-state index contributed by atoms with van der Waals surface area (Å²) >= 11 is 0. The van der Waals surface area contributed by atoms with Gasteiger partial charge in [-0.1, -0.05) is 18.2 Å². The number of hydrogen-bond acceptors (Lipinski definition) is 3. The maximum Gasteiger partial charge on any atom is 0.355 e. The Morgan fingerprint density at radius 1 is 1.33 bits per heavy atom. The number of hydrogen-bond donors (Lipinski definition) is 1. The summed E-state index contributed by atoms with van der Waals surface area (Å²) in [6.45, 7) is 4.28. The number of esters is 1. The van der Waals surface area contributed by atoms with Crippen molar-refractivity contribution >= 4 is 16.9 Å². The first-order chi connectivity index (χ1) is 10.2. The van der Waals surface area contributed by atoms with Crippen LogP contribution in [-0.4, -0.2) is 30.2 Å². The summed E-state index contributed by atoms with van der Waals surface area (Å²) in [5.41, 5.74) is 3.01. The van der Waals surface area contributed by atoms with Crippen molar-refractivity contribution in [3.8, 4) is 0 Å². The highest BCUT2D eigenvalue weighted by Gasteiger charge is 2.28. The Kier molecular flexibility index (Phi) is 3.97. The van der Waals surface area contributed by atoms with Crippen LogP contribution >= 0.6 is 0 Å². The van der Waals surface area contributed by atoms with Crippen LogP contribution in [0.5, 0.6) is 0 Å². The third kappa shape index (κ3) is 2.44. The number of para-hydroxylation sites is 1. The summed E-state index contributed by atoms with van der Waals surface area (Å²) in [6.07, 6.45) is 2.14. The number of carbonyl (C=O) groups is 1. The molecule has 2 heterocycles. The molecule has 1 saturated heterocycles. The molecule has 1 fully saturated rings. The highest BCUT2D eigenvalue weighted by atomic mass is 16.5. The van der Waals surface area contributed by atoms with Crippen LogP contribution in [0.1, 0.15) is 41.7 Å². The van der Waals surface area contributed by atoms with Crippen LogP contribution < -0.4 is 5.32 Å². The Hall–Kier alpha value is -1.81. The molecule has 0 amide bonds. The third-order valence-corrected chi connectivity index (χ3v) is 4.36. The second-order valence-corrected chi connectivity index (χ2v) is 5.58. The molecule has 0 bridgehead atoms. The van der Waals surface area contributed by atoms with E-state index >= 15 is 0 Å². The first-order valence-electron chi connectivity index (χ1n) is 7.69. The fourth-order valence-electron chi connectivity index (χ4n) is 3.39. The normalized spacial score (nSPS) is 16.3. The number of benzene rings is 1. The lowest BCUT2D eigenvalue weighted by atomic mass is 9.88. The molecule has 0 atom stereocenters. The van der Waals surface area contributed by atoms with Gasteiger partial charge in [-0.15, -0.1) is 0 Å². The summed E-state index contributed by atoms with van der Waals surface area (Å²) in [5, 5.41) is 4.58. The first-order valence-corrected chi connectivity index (χ1v) is 7.69. The predicted molar refractivity (Wildman–Crippen MR) is 83.7 cm³/mol. The number of ether oxygens (including phenoxy) is 1. The number of nitrogens with zero attached hydrogens (tertiary/aromatic N) is 1. The van der Waals surface area contributed by atoms with Crippen LogP contribution in [0, 0.1) is 0 Å². The fourth-order valence-corrected chi connectivity index (χ4v) is 3.39. The molecule has 0 unspecified atom stereocenters. The van der Waals surface area contributed by atoms with E-state index in [0.29, 0.717) is 12.5 Å². The van der Waals surface area contributed by atoms with Crippen molar-refractivity contribution in [2.24, 2.45) is 7.05 Å². The summed E-state index contributed by atoms with van der Waals surface area (Å²) < 4.78 is 7.29. The number of aryl methyl sites for hydroxylation is 1. The Bertz CT molecular complexity index is 654. The topological polar surface area (TPSA) is 43.3 Å². The van der Waals surface area contributed by atoms with Crippen molar-refractivity contribution in [1.82, 2.24) is 9.88 Å². The zero-order valence-corrected chi connectivity index (χ0v) is 12.7. The third-order valence-electron chi connectivity index (χ3n) is 4.36. The van der Waals surface area contributed by atoms with Crippen LogP contribution in [0.4, 0.5) is 0 Å². The number of piperidine rings is 1. The molecule has 1 N–H and O–H groups in total. The van der Waals surface area contributed by atoms with Gasteiger partial charge in [0.05, 0.1) is 6.61 Å². The Morgan fingerprint density at radius 3 is 2.76 bits per heavy atom. The summed E-state index contributed by atoms with van der Waals surface area (Å²) in [5.74, 6) is 0.224. The molecule has 3 rings (SSSR count). The SMILES string of the molecule is CCOC(=O)c1c(C2CCNCC2)c2ccccc2n1C. The van der Waals surface area contributed by atoms with Crippen LogP contribution in [0.2, 0.25) is 0 Å². The lowest BCUT2D eigenvalue weighted by Crippen LogP contribution is -2.27. The van der Waals surface area contributed by atoms with Gasteiger partial charge >= 0.3 is 5.97 Å². The minimum absolute atomic E-state index is 0.204.